The van der Waals surface area contributed by atoms with Gasteiger partial charge < -0.3 is 5.32 Å². The molecule has 3 aromatic rings. The van der Waals surface area contributed by atoms with Gasteiger partial charge in [-0.3, -0.25) is 10.0 Å². The highest BCUT2D eigenvalue weighted by molar-refractivity contribution is 7.97. The molecule has 0 unspecified atom stereocenters. The Kier molecular flexibility index (Phi) is 6.72. The van der Waals surface area contributed by atoms with Crippen molar-refractivity contribution in [2.24, 2.45) is 0 Å². The second-order valence-corrected chi connectivity index (χ2v) is 8.89. The first-order chi connectivity index (χ1) is 15.1. The van der Waals surface area contributed by atoms with E-state index in [1.807, 2.05) is 42.5 Å². The smallest absolute Gasteiger partial charge is 0.277 e. The van der Waals surface area contributed by atoms with Crippen LogP contribution in [0.1, 0.15) is 28.8 Å². The summed E-state index contributed by atoms with van der Waals surface area (Å²) in [6, 6.07) is 18.2. The number of aromatic nitrogens is 2. The monoisotopic (exact) mass is 455 g/mol. The van der Waals surface area contributed by atoms with Gasteiger partial charge in [-0.1, -0.05) is 41.9 Å². The van der Waals surface area contributed by atoms with Crippen molar-refractivity contribution in [2.45, 2.75) is 23.3 Å². The fraction of sp³-hybridized carbons (Fsp3) is 0.227. The van der Waals surface area contributed by atoms with Crippen LogP contribution in [0.4, 0.5) is 5.95 Å². The van der Waals surface area contributed by atoms with Crippen LogP contribution < -0.4 is 10.8 Å². The van der Waals surface area contributed by atoms with E-state index in [4.69, 9.17) is 16.8 Å². The minimum atomic E-state index is -0.642. The van der Waals surface area contributed by atoms with Gasteiger partial charge in [-0.25, -0.2) is 19.8 Å². The van der Waals surface area contributed by atoms with E-state index < -0.39 is 5.91 Å². The van der Waals surface area contributed by atoms with Crippen LogP contribution in [0, 0.1) is 0 Å². The Morgan fingerprint density at radius 2 is 1.68 bits per heavy atom. The molecule has 0 radical (unpaired) electrons. The number of nitrogens with zero attached hydrogens (tertiary/aromatic N) is 3. The lowest BCUT2D eigenvalue weighted by molar-refractivity contribution is 0.0705. The maximum atomic E-state index is 11.5. The molecular formula is C22H22ClN5O2S. The van der Waals surface area contributed by atoms with E-state index in [0.717, 1.165) is 35.8 Å². The zero-order valence-electron chi connectivity index (χ0n) is 16.7. The molecule has 1 fully saturated rings. The molecule has 1 aliphatic rings. The Morgan fingerprint density at radius 3 is 2.29 bits per heavy atom. The second kappa shape index (κ2) is 9.65. The number of carbonyl (C=O) groups is 1. The van der Waals surface area contributed by atoms with Crippen LogP contribution >= 0.6 is 23.5 Å². The first-order valence-corrected chi connectivity index (χ1v) is 11.0. The van der Waals surface area contributed by atoms with Crippen molar-refractivity contribution in [1.29, 1.82) is 0 Å². The molecule has 2 aromatic carbocycles. The molecule has 0 atom stereocenters. The number of hydrogen-bond acceptors (Lipinski definition) is 7. The lowest BCUT2D eigenvalue weighted by atomic mass is 9.81. The van der Waals surface area contributed by atoms with E-state index in [9.17, 15) is 4.79 Å². The standard InChI is InChI=1S/C22H22ClN5O2S/c23-18-6-8-19(9-7-18)31-28-12-10-22(11-13-28,17-4-2-1-3-5-17)26-21-24-14-16(15-25-21)20(29)27-30/h1-9,14-15,30H,10-13H2,(H,27,29)(H,24,25,26). The molecule has 9 heteroatoms. The summed E-state index contributed by atoms with van der Waals surface area (Å²) in [7, 11) is 0. The summed E-state index contributed by atoms with van der Waals surface area (Å²) in [5, 5.41) is 13.0. The van der Waals surface area contributed by atoms with E-state index in [0.29, 0.717) is 5.95 Å². The van der Waals surface area contributed by atoms with Gasteiger partial charge in [0.1, 0.15) is 0 Å². The van der Waals surface area contributed by atoms with Gasteiger partial charge in [-0.15, -0.1) is 0 Å². The molecule has 1 aliphatic heterocycles. The minimum absolute atomic E-state index is 0.191. The van der Waals surface area contributed by atoms with Crippen molar-refractivity contribution >= 4 is 35.4 Å². The van der Waals surface area contributed by atoms with Crippen molar-refractivity contribution in [3.63, 3.8) is 0 Å². The van der Waals surface area contributed by atoms with Crippen LogP contribution in [0.15, 0.2) is 71.9 Å². The summed E-state index contributed by atoms with van der Waals surface area (Å²) >= 11 is 7.73. The molecule has 0 saturated carbocycles. The van der Waals surface area contributed by atoms with Gasteiger partial charge in [0, 0.05) is 35.4 Å². The van der Waals surface area contributed by atoms with Gasteiger partial charge in [-0.2, -0.15) is 0 Å². The van der Waals surface area contributed by atoms with E-state index in [-0.39, 0.29) is 11.1 Å². The number of carbonyl (C=O) groups excluding carboxylic acids is 1. The molecule has 0 aliphatic carbocycles. The molecule has 1 amide bonds. The fourth-order valence-corrected chi connectivity index (χ4v) is 4.68. The largest absolute Gasteiger partial charge is 0.345 e. The number of piperidine rings is 1. The number of anilines is 1. The van der Waals surface area contributed by atoms with Crippen LogP contribution in [-0.2, 0) is 5.54 Å². The second-order valence-electron chi connectivity index (χ2n) is 7.28. The third-order valence-electron chi connectivity index (χ3n) is 5.32. The molecule has 31 heavy (non-hydrogen) atoms. The number of nitrogens with one attached hydrogen (secondary N) is 2. The number of hydrogen-bond donors (Lipinski definition) is 3. The van der Waals surface area contributed by atoms with Gasteiger partial charge >= 0.3 is 0 Å². The molecule has 4 rings (SSSR count). The normalized spacial score (nSPS) is 15.9. The number of amides is 1. The summed E-state index contributed by atoms with van der Waals surface area (Å²) in [5.41, 5.74) is 2.63. The average Bonchev–Trinajstić information content (AvgIpc) is 2.82. The third-order valence-corrected chi connectivity index (χ3v) is 6.68. The molecule has 1 aromatic heterocycles. The summed E-state index contributed by atoms with van der Waals surface area (Å²) in [6.07, 6.45) is 4.51. The topological polar surface area (TPSA) is 90.4 Å². The Hall–Kier alpha value is -2.65. The summed E-state index contributed by atoms with van der Waals surface area (Å²) in [6.45, 7) is 1.75. The number of benzene rings is 2. The van der Waals surface area contributed by atoms with Crippen LogP contribution in [-0.4, -0.2) is 38.5 Å². The first kappa shape index (κ1) is 21.6. The highest BCUT2D eigenvalue weighted by Crippen LogP contribution is 2.38. The van der Waals surface area contributed by atoms with Crippen LogP contribution in [0.25, 0.3) is 0 Å². The quantitative estimate of drug-likeness (QED) is 0.289. The lowest BCUT2D eigenvalue weighted by Gasteiger charge is -2.42. The fourth-order valence-electron chi connectivity index (χ4n) is 3.64. The van der Waals surface area contributed by atoms with Gasteiger partial charge in [0.05, 0.1) is 11.1 Å². The molecule has 0 spiro atoms. The van der Waals surface area contributed by atoms with E-state index in [2.05, 4.69) is 31.7 Å². The predicted molar refractivity (Wildman–Crippen MR) is 121 cm³/mol. The SMILES string of the molecule is O=C(NO)c1cnc(NC2(c3ccccc3)CCN(Sc3ccc(Cl)cc3)CC2)nc1. The molecule has 0 bridgehead atoms. The zero-order chi connectivity index (χ0) is 21.7. The lowest BCUT2D eigenvalue weighted by Crippen LogP contribution is -2.45. The zero-order valence-corrected chi connectivity index (χ0v) is 18.2. The molecule has 7 nitrogen and oxygen atoms in total. The van der Waals surface area contributed by atoms with Crippen molar-refractivity contribution in [3.8, 4) is 0 Å². The predicted octanol–water partition coefficient (Wildman–Crippen LogP) is 4.36. The Morgan fingerprint density at radius 1 is 1.03 bits per heavy atom. The summed E-state index contributed by atoms with van der Waals surface area (Å²) in [4.78, 5) is 21.2. The van der Waals surface area contributed by atoms with Crippen LogP contribution in [0.3, 0.4) is 0 Å². The van der Waals surface area contributed by atoms with Gasteiger partial charge in [-0.05, 0) is 54.6 Å². The molecule has 2 heterocycles. The van der Waals surface area contributed by atoms with E-state index in [1.165, 1.54) is 18.0 Å². The van der Waals surface area contributed by atoms with Gasteiger partial charge in [0.15, 0.2) is 0 Å². The maximum absolute atomic E-state index is 11.5. The highest BCUT2D eigenvalue weighted by atomic mass is 35.5. The third kappa shape index (κ3) is 5.16. The maximum Gasteiger partial charge on any atom is 0.277 e. The van der Waals surface area contributed by atoms with Crippen molar-refractivity contribution < 1.29 is 10.0 Å². The highest BCUT2D eigenvalue weighted by Gasteiger charge is 2.37. The molecule has 1 saturated heterocycles. The van der Waals surface area contributed by atoms with Crippen LogP contribution in [0.5, 0.6) is 0 Å². The molecular weight excluding hydrogens is 434 g/mol. The minimum Gasteiger partial charge on any atom is -0.345 e. The number of halogens is 1. The molecule has 160 valence electrons. The Bertz CT molecular complexity index is 1010. The summed E-state index contributed by atoms with van der Waals surface area (Å²) < 4.78 is 2.35. The van der Waals surface area contributed by atoms with E-state index in [1.54, 1.807) is 17.4 Å². The first-order valence-electron chi connectivity index (χ1n) is 9.87. The van der Waals surface area contributed by atoms with E-state index >= 15 is 0 Å². The van der Waals surface area contributed by atoms with Crippen LogP contribution in [0.2, 0.25) is 5.02 Å². The number of rotatable bonds is 6. The van der Waals surface area contributed by atoms with Crippen molar-refractivity contribution in [2.75, 3.05) is 18.4 Å². The van der Waals surface area contributed by atoms with Gasteiger partial charge in [0.2, 0.25) is 5.95 Å². The van der Waals surface area contributed by atoms with Gasteiger partial charge in [0.25, 0.3) is 5.91 Å². The van der Waals surface area contributed by atoms with Crippen molar-refractivity contribution in [1.82, 2.24) is 19.8 Å². The Labute approximate surface area is 189 Å². The number of hydroxylamine groups is 1. The average molecular weight is 456 g/mol. The molecule has 3 N–H and O–H groups in total. The Balaban J connectivity index is 1.50. The van der Waals surface area contributed by atoms with Crippen molar-refractivity contribution in [3.05, 3.63) is 83.1 Å². The summed E-state index contributed by atoms with van der Waals surface area (Å²) in [5.74, 6) is -0.200.